The van der Waals surface area contributed by atoms with E-state index in [0.29, 0.717) is 12.3 Å². The molecule has 0 saturated carbocycles. The summed E-state index contributed by atoms with van der Waals surface area (Å²) < 4.78 is 0. The molecule has 0 fully saturated rings. The molecule has 0 spiro atoms. The van der Waals surface area contributed by atoms with Crippen LogP contribution in [0.5, 0.6) is 0 Å². The van der Waals surface area contributed by atoms with E-state index in [9.17, 15) is 4.79 Å². The van der Waals surface area contributed by atoms with Crippen molar-refractivity contribution in [2.45, 2.75) is 20.3 Å². The predicted molar refractivity (Wildman–Crippen MR) is 79.1 cm³/mol. The molecule has 2 rings (SSSR count). The molecule has 0 unspecified atom stereocenters. The third-order valence-electron chi connectivity index (χ3n) is 2.79. The van der Waals surface area contributed by atoms with Crippen LogP contribution in [0.15, 0.2) is 47.6 Å². The molecule has 98 valence electrons. The van der Waals surface area contributed by atoms with Crippen LogP contribution in [0.4, 0.5) is 0 Å². The molecule has 0 heterocycles. The first kappa shape index (κ1) is 13.3. The van der Waals surface area contributed by atoms with Crippen molar-refractivity contribution < 1.29 is 4.79 Å². The van der Waals surface area contributed by atoms with Gasteiger partial charge in [-0.05, 0) is 22.3 Å². The normalized spacial score (nSPS) is 11.3. The zero-order chi connectivity index (χ0) is 13.7. The maximum Gasteiger partial charge on any atom is 0.244 e. The van der Waals surface area contributed by atoms with Crippen LogP contribution in [0.1, 0.15) is 19.4 Å². The highest BCUT2D eigenvalue weighted by molar-refractivity contribution is 5.90. The van der Waals surface area contributed by atoms with E-state index in [-0.39, 0.29) is 5.91 Å². The molecule has 0 aliphatic carbocycles. The van der Waals surface area contributed by atoms with Crippen LogP contribution < -0.4 is 5.43 Å². The fourth-order valence-electron chi connectivity index (χ4n) is 1.92. The topological polar surface area (TPSA) is 41.5 Å². The van der Waals surface area contributed by atoms with Crippen LogP contribution in [0.3, 0.4) is 0 Å². The molecular formula is C16H18N2O. The summed E-state index contributed by atoms with van der Waals surface area (Å²) in [6, 6.07) is 14.1. The van der Waals surface area contributed by atoms with Gasteiger partial charge in [0.2, 0.25) is 5.91 Å². The fourth-order valence-corrected chi connectivity index (χ4v) is 1.92. The van der Waals surface area contributed by atoms with Gasteiger partial charge in [0.15, 0.2) is 0 Å². The highest BCUT2D eigenvalue weighted by Gasteiger charge is 2.05. The van der Waals surface area contributed by atoms with Crippen molar-refractivity contribution in [2.75, 3.05) is 0 Å². The van der Waals surface area contributed by atoms with Crippen molar-refractivity contribution >= 4 is 22.9 Å². The summed E-state index contributed by atoms with van der Waals surface area (Å²) in [6.45, 7) is 4.03. The van der Waals surface area contributed by atoms with Crippen molar-refractivity contribution in [3.05, 3.63) is 48.0 Å². The van der Waals surface area contributed by atoms with Crippen molar-refractivity contribution in [1.29, 1.82) is 0 Å². The number of hydrazone groups is 1. The van der Waals surface area contributed by atoms with Crippen LogP contribution in [0, 0.1) is 5.92 Å². The average Bonchev–Trinajstić information content (AvgIpc) is 2.39. The van der Waals surface area contributed by atoms with Crippen LogP contribution >= 0.6 is 0 Å². The molecule has 1 amide bonds. The fraction of sp³-hybridized carbons (Fsp3) is 0.250. The minimum Gasteiger partial charge on any atom is -0.273 e. The third kappa shape index (κ3) is 3.65. The highest BCUT2D eigenvalue weighted by atomic mass is 16.2. The summed E-state index contributed by atoms with van der Waals surface area (Å²) in [5.74, 6) is 0.242. The highest BCUT2D eigenvalue weighted by Crippen LogP contribution is 2.18. The number of hydrogen-bond donors (Lipinski definition) is 1. The number of rotatable bonds is 4. The SMILES string of the molecule is CC(C)/C=N/NC(=O)Cc1cccc2ccccc12. The third-order valence-corrected chi connectivity index (χ3v) is 2.79. The minimum absolute atomic E-state index is 0.0896. The van der Waals surface area contributed by atoms with Crippen molar-refractivity contribution in [1.82, 2.24) is 5.43 Å². The second-order valence-electron chi connectivity index (χ2n) is 4.87. The molecule has 0 atom stereocenters. The summed E-state index contributed by atoms with van der Waals surface area (Å²) in [6.07, 6.45) is 2.07. The Morgan fingerprint density at radius 2 is 1.95 bits per heavy atom. The van der Waals surface area contributed by atoms with Gasteiger partial charge in [0.1, 0.15) is 0 Å². The van der Waals surface area contributed by atoms with Crippen LogP contribution in [0.2, 0.25) is 0 Å². The van der Waals surface area contributed by atoms with Crippen molar-refractivity contribution in [3.63, 3.8) is 0 Å². The standard InChI is InChI=1S/C16H18N2O/c1-12(2)11-17-18-16(19)10-14-8-5-7-13-6-3-4-9-15(13)14/h3-9,11-12H,10H2,1-2H3,(H,18,19)/b17-11+. The maximum atomic E-state index is 11.8. The Morgan fingerprint density at radius 3 is 2.74 bits per heavy atom. The number of amides is 1. The molecule has 0 aromatic heterocycles. The van der Waals surface area contributed by atoms with Gasteiger partial charge in [0.05, 0.1) is 6.42 Å². The second-order valence-corrected chi connectivity index (χ2v) is 4.87. The van der Waals surface area contributed by atoms with E-state index in [1.165, 1.54) is 0 Å². The summed E-state index contributed by atoms with van der Waals surface area (Å²) in [7, 11) is 0. The Hall–Kier alpha value is -2.16. The number of hydrogen-bond acceptors (Lipinski definition) is 2. The lowest BCUT2D eigenvalue weighted by molar-refractivity contribution is -0.120. The van der Waals surface area contributed by atoms with Crippen LogP contribution in [-0.4, -0.2) is 12.1 Å². The monoisotopic (exact) mass is 254 g/mol. The van der Waals surface area contributed by atoms with Crippen molar-refractivity contribution in [2.24, 2.45) is 11.0 Å². The number of nitrogens with one attached hydrogen (secondary N) is 1. The van der Waals surface area contributed by atoms with E-state index in [1.807, 2.05) is 56.3 Å². The lowest BCUT2D eigenvalue weighted by Gasteiger charge is -2.05. The maximum absolute atomic E-state index is 11.8. The Kier molecular flexibility index (Phi) is 4.29. The lowest BCUT2D eigenvalue weighted by Crippen LogP contribution is -2.20. The quantitative estimate of drug-likeness (QED) is 0.661. The first-order valence-corrected chi connectivity index (χ1v) is 6.45. The molecule has 0 saturated heterocycles. The van der Waals surface area contributed by atoms with Crippen LogP contribution in [0.25, 0.3) is 10.8 Å². The Morgan fingerprint density at radius 1 is 1.21 bits per heavy atom. The number of carbonyl (C=O) groups is 1. The molecule has 2 aromatic rings. The Labute approximate surface area is 113 Å². The first-order chi connectivity index (χ1) is 9.16. The van der Waals surface area contributed by atoms with Gasteiger partial charge in [-0.2, -0.15) is 5.10 Å². The molecule has 19 heavy (non-hydrogen) atoms. The van der Waals surface area contributed by atoms with E-state index >= 15 is 0 Å². The number of nitrogens with zero attached hydrogens (tertiary/aromatic N) is 1. The van der Waals surface area contributed by atoms with Gasteiger partial charge in [-0.1, -0.05) is 56.3 Å². The molecule has 0 radical (unpaired) electrons. The van der Waals surface area contributed by atoms with Gasteiger partial charge >= 0.3 is 0 Å². The molecule has 0 aliphatic heterocycles. The summed E-state index contributed by atoms with van der Waals surface area (Å²) in [4.78, 5) is 11.8. The smallest absolute Gasteiger partial charge is 0.244 e. The molecule has 0 bridgehead atoms. The van der Waals surface area contributed by atoms with Crippen molar-refractivity contribution in [3.8, 4) is 0 Å². The summed E-state index contributed by atoms with van der Waals surface area (Å²) >= 11 is 0. The number of carbonyl (C=O) groups excluding carboxylic acids is 1. The number of fused-ring (bicyclic) bond motifs is 1. The minimum atomic E-state index is -0.0896. The van der Waals surface area contributed by atoms with E-state index in [2.05, 4.69) is 10.5 Å². The molecular weight excluding hydrogens is 236 g/mol. The summed E-state index contributed by atoms with van der Waals surface area (Å²) in [5.41, 5.74) is 3.58. The van der Waals surface area contributed by atoms with E-state index in [1.54, 1.807) is 6.21 Å². The molecule has 1 N–H and O–H groups in total. The molecule has 3 nitrogen and oxygen atoms in total. The van der Waals surface area contributed by atoms with E-state index in [4.69, 9.17) is 0 Å². The zero-order valence-electron chi connectivity index (χ0n) is 11.3. The molecule has 2 aromatic carbocycles. The van der Waals surface area contributed by atoms with Gasteiger partial charge in [0.25, 0.3) is 0 Å². The van der Waals surface area contributed by atoms with Gasteiger partial charge < -0.3 is 0 Å². The predicted octanol–water partition coefficient (Wildman–Crippen LogP) is 3.14. The average molecular weight is 254 g/mol. The zero-order valence-corrected chi connectivity index (χ0v) is 11.3. The first-order valence-electron chi connectivity index (χ1n) is 6.45. The van der Waals surface area contributed by atoms with Gasteiger partial charge in [-0.3, -0.25) is 4.79 Å². The summed E-state index contributed by atoms with van der Waals surface area (Å²) in [5, 5.41) is 6.19. The molecule has 3 heteroatoms. The lowest BCUT2D eigenvalue weighted by atomic mass is 10.0. The van der Waals surface area contributed by atoms with E-state index in [0.717, 1.165) is 16.3 Å². The Balaban J connectivity index is 2.11. The van der Waals surface area contributed by atoms with Gasteiger partial charge in [0, 0.05) is 6.21 Å². The number of benzene rings is 2. The second kappa shape index (κ2) is 6.14. The van der Waals surface area contributed by atoms with Gasteiger partial charge in [-0.25, -0.2) is 5.43 Å². The van der Waals surface area contributed by atoms with E-state index < -0.39 is 0 Å². The molecule has 0 aliphatic rings. The van der Waals surface area contributed by atoms with Gasteiger partial charge in [-0.15, -0.1) is 0 Å². The van der Waals surface area contributed by atoms with Crippen LogP contribution in [-0.2, 0) is 11.2 Å². The Bertz CT molecular complexity index is 597. The largest absolute Gasteiger partial charge is 0.273 e.